The minimum Gasteiger partial charge on any atom is -0.451 e. The number of carbonyl (C=O) groups is 2. The molecule has 0 radical (unpaired) electrons. The first kappa shape index (κ1) is 15.4. The first-order valence-corrected chi connectivity index (χ1v) is 7.17. The van der Waals surface area contributed by atoms with Gasteiger partial charge in [0.1, 0.15) is 4.88 Å². The first-order valence-electron chi connectivity index (χ1n) is 6.36. The third kappa shape index (κ3) is 4.50. The van der Waals surface area contributed by atoms with E-state index in [4.69, 9.17) is 9.47 Å². The van der Waals surface area contributed by atoms with Crippen molar-refractivity contribution in [1.82, 2.24) is 5.32 Å². The Kier molecular flexibility index (Phi) is 5.23. The van der Waals surface area contributed by atoms with Crippen LogP contribution in [0.25, 0.3) is 0 Å². The molecule has 1 N–H and O–H groups in total. The zero-order valence-electron chi connectivity index (χ0n) is 11.1. The quantitative estimate of drug-likeness (QED) is 0.479. The van der Waals surface area contributed by atoms with Crippen LogP contribution in [0.3, 0.4) is 0 Å². The number of ether oxygens (including phenoxy) is 2. The number of amides is 1. The highest BCUT2D eigenvalue weighted by Crippen LogP contribution is 2.24. The first-order chi connectivity index (χ1) is 10.1. The van der Waals surface area contributed by atoms with Gasteiger partial charge in [0.05, 0.1) is 11.0 Å². The Morgan fingerprint density at radius 1 is 1.52 bits per heavy atom. The molecule has 1 aromatic rings. The normalized spacial score (nSPS) is 17.4. The molecule has 0 bridgehead atoms. The summed E-state index contributed by atoms with van der Waals surface area (Å²) in [6.45, 7) is 0.671. The standard InChI is InChI=1S/C12H14N2O6S/c15-10(13-6-8-2-1-5-19-8)7-20-12(16)9-3-4-11(21-9)14(17)18/h3-4,8H,1-2,5-7H2,(H,13,15)/t8-/m1/s1. The van der Waals surface area contributed by atoms with Gasteiger partial charge in [-0.2, -0.15) is 0 Å². The maximum absolute atomic E-state index is 11.6. The molecule has 8 nitrogen and oxygen atoms in total. The number of hydrogen-bond donors (Lipinski definition) is 1. The van der Waals surface area contributed by atoms with Crippen molar-refractivity contribution in [2.45, 2.75) is 18.9 Å². The molecule has 1 aliphatic rings. The second-order valence-corrected chi connectivity index (χ2v) is 5.47. The number of nitrogens with one attached hydrogen (secondary N) is 1. The van der Waals surface area contributed by atoms with Gasteiger partial charge < -0.3 is 14.8 Å². The topological polar surface area (TPSA) is 108 Å². The van der Waals surface area contributed by atoms with Crippen LogP contribution in [-0.2, 0) is 14.3 Å². The Morgan fingerprint density at radius 3 is 2.95 bits per heavy atom. The predicted molar refractivity (Wildman–Crippen MR) is 73.2 cm³/mol. The SMILES string of the molecule is O=C(COC(=O)c1ccc([N+](=O)[O-])s1)NC[C@H]1CCCO1. The number of nitro groups is 1. The summed E-state index contributed by atoms with van der Waals surface area (Å²) in [5.41, 5.74) is 0. The monoisotopic (exact) mass is 314 g/mol. The van der Waals surface area contributed by atoms with E-state index < -0.39 is 23.4 Å². The summed E-state index contributed by atoms with van der Waals surface area (Å²) in [5.74, 6) is -1.18. The molecule has 2 heterocycles. The predicted octanol–water partition coefficient (Wildman–Crippen LogP) is 1.11. The van der Waals surface area contributed by atoms with Crippen molar-refractivity contribution in [2.75, 3.05) is 19.8 Å². The van der Waals surface area contributed by atoms with Gasteiger partial charge >= 0.3 is 11.0 Å². The summed E-state index contributed by atoms with van der Waals surface area (Å²) in [4.78, 5) is 33.1. The molecule has 114 valence electrons. The van der Waals surface area contributed by atoms with E-state index >= 15 is 0 Å². The van der Waals surface area contributed by atoms with Crippen molar-refractivity contribution in [3.63, 3.8) is 0 Å². The average molecular weight is 314 g/mol. The Hall–Kier alpha value is -2.00. The van der Waals surface area contributed by atoms with Gasteiger partial charge in [0, 0.05) is 19.2 Å². The smallest absolute Gasteiger partial charge is 0.349 e. The van der Waals surface area contributed by atoms with Gasteiger partial charge in [-0.15, -0.1) is 0 Å². The van der Waals surface area contributed by atoms with E-state index in [9.17, 15) is 19.7 Å². The second-order valence-electron chi connectivity index (χ2n) is 4.41. The molecule has 1 aliphatic heterocycles. The van der Waals surface area contributed by atoms with E-state index in [1.807, 2.05) is 0 Å². The van der Waals surface area contributed by atoms with Crippen LogP contribution in [0.2, 0.25) is 0 Å². The third-order valence-electron chi connectivity index (χ3n) is 2.86. The highest BCUT2D eigenvalue weighted by molar-refractivity contribution is 7.17. The molecule has 21 heavy (non-hydrogen) atoms. The van der Waals surface area contributed by atoms with Crippen LogP contribution in [-0.4, -0.2) is 42.7 Å². The highest BCUT2D eigenvalue weighted by Gasteiger charge is 2.19. The molecular weight excluding hydrogens is 300 g/mol. The Bertz CT molecular complexity index is 538. The van der Waals surface area contributed by atoms with Crippen molar-refractivity contribution in [3.05, 3.63) is 27.1 Å². The molecule has 1 fully saturated rings. The van der Waals surface area contributed by atoms with Crippen molar-refractivity contribution in [2.24, 2.45) is 0 Å². The highest BCUT2D eigenvalue weighted by atomic mass is 32.1. The molecule has 1 aromatic heterocycles. The fourth-order valence-corrected chi connectivity index (χ4v) is 2.54. The number of esters is 1. The lowest BCUT2D eigenvalue weighted by molar-refractivity contribution is -0.380. The molecule has 0 aromatic carbocycles. The van der Waals surface area contributed by atoms with Crippen LogP contribution in [0.4, 0.5) is 5.00 Å². The molecule has 9 heteroatoms. The van der Waals surface area contributed by atoms with E-state index in [2.05, 4.69) is 5.32 Å². The van der Waals surface area contributed by atoms with Crippen LogP contribution in [0.5, 0.6) is 0 Å². The molecule has 0 unspecified atom stereocenters. The summed E-state index contributed by atoms with van der Waals surface area (Å²) in [6.07, 6.45) is 1.90. The Balaban J connectivity index is 1.72. The Labute approximate surface area is 124 Å². The van der Waals surface area contributed by atoms with Crippen LogP contribution in [0, 0.1) is 10.1 Å². The van der Waals surface area contributed by atoms with Gasteiger partial charge in [-0.05, 0) is 18.9 Å². The van der Waals surface area contributed by atoms with E-state index in [0.717, 1.165) is 12.8 Å². The number of nitrogens with zero attached hydrogens (tertiary/aromatic N) is 1. The fraction of sp³-hybridized carbons (Fsp3) is 0.500. The van der Waals surface area contributed by atoms with E-state index in [0.29, 0.717) is 24.5 Å². The van der Waals surface area contributed by atoms with Crippen molar-refractivity contribution in [3.8, 4) is 0 Å². The largest absolute Gasteiger partial charge is 0.451 e. The molecule has 0 aliphatic carbocycles. The molecule has 0 saturated carbocycles. The maximum Gasteiger partial charge on any atom is 0.349 e. The van der Waals surface area contributed by atoms with Crippen LogP contribution in [0.1, 0.15) is 22.5 Å². The molecule has 0 spiro atoms. The summed E-state index contributed by atoms with van der Waals surface area (Å²) in [6, 6.07) is 2.52. The lowest BCUT2D eigenvalue weighted by atomic mass is 10.2. The van der Waals surface area contributed by atoms with Crippen molar-refractivity contribution >= 4 is 28.2 Å². The lowest BCUT2D eigenvalue weighted by Crippen LogP contribution is -2.34. The molecule has 1 amide bonds. The summed E-state index contributed by atoms with van der Waals surface area (Å²) in [5, 5.41) is 13.0. The lowest BCUT2D eigenvalue weighted by Gasteiger charge is -2.10. The van der Waals surface area contributed by atoms with Crippen LogP contribution < -0.4 is 5.32 Å². The van der Waals surface area contributed by atoms with Gasteiger partial charge in [0.25, 0.3) is 5.91 Å². The van der Waals surface area contributed by atoms with Gasteiger partial charge in [-0.3, -0.25) is 14.9 Å². The molecular formula is C12H14N2O6S. The summed E-state index contributed by atoms with van der Waals surface area (Å²) < 4.78 is 10.1. The second kappa shape index (κ2) is 7.14. The molecule has 2 rings (SSSR count). The van der Waals surface area contributed by atoms with Crippen LogP contribution >= 0.6 is 11.3 Å². The molecule has 1 atom stereocenters. The van der Waals surface area contributed by atoms with E-state index in [-0.39, 0.29) is 16.0 Å². The van der Waals surface area contributed by atoms with Crippen molar-refractivity contribution in [1.29, 1.82) is 0 Å². The molecule has 1 saturated heterocycles. The van der Waals surface area contributed by atoms with Gasteiger partial charge in [-0.1, -0.05) is 11.3 Å². The zero-order valence-corrected chi connectivity index (χ0v) is 11.9. The summed E-state index contributed by atoms with van der Waals surface area (Å²) in [7, 11) is 0. The van der Waals surface area contributed by atoms with Gasteiger partial charge in [-0.25, -0.2) is 4.79 Å². The van der Waals surface area contributed by atoms with Crippen LogP contribution in [0.15, 0.2) is 12.1 Å². The van der Waals surface area contributed by atoms with E-state index in [1.165, 1.54) is 12.1 Å². The number of hydrogen-bond acceptors (Lipinski definition) is 7. The third-order valence-corrected chi connectivity index (χ3v) is 3.88. The van der Waals surface area contributed by atoms with Gasteiger partial charge in [0.15, 0.2) is 6.61 Å². The van der Waals surface area contributed by atoms with E-state index in [1.54, 1.807) is 0 Å². The zero-order chi connectivity index (χ0) is 15.2. The maximum atomic E-state index is 11.6. The fourth-order valence-electron chi connectivity index (χ4n) is 1.82. The minimum atomic E-state index is -0.750. The van der Waals surface area contributed by atoms with Gasteiger partial charge in [0.2, 0.25) is 0 Å². The van der Waals surface area contributed by atoms with Crippen molar-refractivity contribution < 1.29 is 24.0 Å². The minimum absolute atomic E-state index is 0.0181. The number of thiophene rings is 1. The Morgan fingerprint density at radius 2 is 2.33 bits per heavy atom. The number of carbonyl (C=O) groups excluding carboxylic acids is 2. The number of rotatable bonds is 6. The summed E-state index contributed by atoms with van der Waals surface area (Å²) >= 11 is 0.709. The average Bonchev–Trinajstić information content (AvgIpc) is 3.12.